The van der Waals surface area contributed by atoms with Gasteiger partial charge in [0.1, 0.15) is 0 Å². The van der Waals surface area contributed by atoms with Gasteiger partial charge in [-0.3, -0.25) is 0 Å². The molecule has 2 aromatic rings. The van der Waals surface area contributed by atoms with Gasteiger partial charge in [-0.1, -0.05) is 55.0 Å². The molecule has 3 rings (SSSR count). The molecule has 1 nitrogen and oxygen atoms in total. The van der Waals surface area contributed by atoms with Crippen LogP contribution in [0.4, 0.5) is 0 Å². The van der Waals surface area contributed by atoms with Crippen molar-refractivity contribution in [3.63, 3.8) is 0 Å². The van der Waals surface area contributed by atoms with Crippen LogP contribution >= 0.6 is 0 Å². The Balaban J connectivity index is 2.04. The van der Waals surface area contributed by atoms with E-state index in [2.05, 4.69) is 62.4 Å². The predicted molar refractivity (Wildman–Crippen MR) is 84.8 cm³/mol. The molecule has 2 aromatic carbocycles. The van der Waals surface area contributed by atoms with Gasteiger partial charge in [0.15, 0.2) is 0 Å². The van der Waals surface area contributed by atoms with E-state index in [0.717, 1.165) is 0 Å². The van der Waals surface area contributed by atoms with Gasteiger partial charge >= 0.3 is 0 Å². The standard InChI is InChI=1S/C19H23N/c1-14-8-6-11-17(15(14)2)18(20)19(12-7-13-19)16-9-4-3-5-10-16/h3-6,8-11,18H,7,12-13,20H2,1-2H3. The van der Waals surface area contributed by atoms with Crippen molar-refractivity contribution in [1.29, 1.82) is 0 Å². The molecule has 0 amide bonds. The molecular formula is C19H23N. The number of hydrogen-bond donors (Lipinski definition) is 1. The van der Waals surface area contributed by atoms with E-state index in [1.165, 1.54) is 41.5 Å². The molecule has 0 heterocycles. The summed E-state index contributed by atoms with van der Waals surface area (Å²) in [6.45, 7) is 4.36. The minimum Gasteiger partial charge on any atom is -0.323 e. The smallest absolute Gasteiger partial charge is 0.0395 e. The Bertz CT molecular complexity index is 596. The largest absolute Gasteiger partial charge is 0.323 e. The Morgan fingerprint density at radius 2 is 1.65 bits per heavy atom. The molecule has 1 fully saturated rings. The van der Waals surface area contributed by atoms with Gasteiger partial charge < -0.3 is 5.73 Å². The van der Waals surface area contributed by atoms with Crippen molar-refractivity contribution in [1.82, 2.24) is 0 Å². The maximum Gasteiger partial charge on any atom is 0.0395 e. The molecule has 1 unspecified atom stereocenters. The van der Waals surface area contributed by atoms with E-state index in [4.69, 9.17) is 5.73 Å². The van der Waals surface area contributed by atoms with Gasteiger partial charge in [0.25, 0.3) is 0 Å². The van der Waals surface area contributed by atoms with Crippen molar-refractivity contribution in [2.75, 3.05) is 0 Å². The lowest BCUT2D eigenvalue weighted by Crippen LogP contribution is -2.44. The van der Waals surface area contributed by atoms with Crippen LogP contribution in [0.15, 0.2) is 48.5 Å². The third-order valence-electron chi connectivity index (χ3n) is 5.17. The first-order valence-corrected chi connectivity index (χ1v) is 7.52. The molecule has 1 heteroatoms. The number of aryl methyl sites for hydroxylation is 1. The van der Waals surface area contributed by atoms with E-state index in [0.29, 0.717) is 0 Å². The highest BCUT2D eigenvalue weighted by Gasteiger charge is 2.44. The van der Waals surface area contributed by atoms with Crippen molar-refractivity contribution >= 4 is 0 Å². The Kier molecular flexibility index (Phi) is 3.39. The Morgan fingerprint density at radius 1 is 0.950 bits per heavy atom. The first-order chi connectivity index (χ1) is 9.65. The fourth-order valence-corrected chi connectivity index (χ4v) is 3.52. The van der Waals surface area contributed by atoms with Gasteiger partial charge in [0.05, 0.1) is 0 Å². The highest BCUT2D eigenvalue weighted by molar-refractivity contribution is 5.41. The van der Waals surface area contributed by atoms with Gasteiger partial charge in [0.2, 0.25) is 0 Å². The third kappa shape index (κ3) is 1.97. The maximum absolute atomic E-state index is 6.74. The number of benzene rings is 2. The van der Waals surface area contributed by atoms with Crippen LogP contribution in [0.2, 0.25) is 0 Å². The Labute approximate surface area is 121 Å². The second-order valence-electron chi connectivity index (χ2n) is 6.14. The number of nitrogens with two attached hydrogens (primary N) is 1. The van der Waals surface area contributed by atoms with Crippen molar-refractivity contribution in [2.45, 2.75) is 44.6 Å². The number of hydrogen-bond acceptors (Lipinski definition) is 1. The molecule has 2 N–H and O–H groups in total. The topological polar surface area (TPSA) is 26.0 Å². The summed E-state index contributed by atoms with van der Waals surface area (Å²) in [4.78, 5) is 0. The van der Waals surface area contributed by atoms with Crippen LogP contribution < -0.4 is 5.73 Å². The van der Waals surface area contributed by atoms with E-state index in [1.54, 1.807) is 0 Å². The van der Waals surface area contributed by atoms with Crippen LogP contribution in [-0.4, -0.2) is 0 Å². The first kappa shape index (κ1) is 13.4. The predicted octanol–water partition coefficient (Wildman–Crippen LogP) is 4.43. The molecular weight excluding hydrogens is 242 g/mol. The van der Waals surface area contributed by atoms with E-state index in [9.17, 15) is 0 Å². The SMILES string of the molecule is Cc1cccc(C(N)C2(c3ccccc3)CCC2)c1C. The molecule has 0 aliphatic heterocycles. The monoisotopic (exact) mass is 265 g/mol. The maximum atomic E-state index is 6.74. The van der Waals surface area contributed by atoms with Crippen LogP contribution in [0, 0.1) is 13.8 Å². The zero-order chi connectivity index (χ0) is 14.2. The molecule has 0 radical (unpaired) electrons. The first-order valence-electron chi connectivity index (χ1n) is 7.52. The lowest BCUT2D eigenvalue weighted by atomic mass is 9.58. The quantitative estimate of drug-likeness (QED) is 0.873. The highest BCUT2D eigenvalue weighted by Crippen LogP contribution is 2.51. The van der Waals surface area contributed by atoms with Crippen molar-refractivity contribution in [3.05, 3.63) is 70.8 Å². The van der Waals surface area contributed by atoms with Gasteiger partial charge in [-0.15, -0.1) is 0 Å². The molecule has 20 heavy (non-hydrogen) atoms. The number of rotatable bonds is 3. The summed E-state index contributed by atoms with van der Waals surface area (Å²) in [5, 5.41) is 0. The van der Waals surface area contributed by atoms with Gasteiger partial charge in [-0.05, 0) is 48.9 Å². The van der Waals surface area contributed by atoms with Crippen molar-refractivity contribution in [2.24, 2.45) is 5.73 Å². The van der Waals surface area contributed by atoms with Crippen LogP contribution in [0.25, 0.3) is 0 Å². The average molecular weight is 265 g/mol. The Morgan fingerprint density at radius 3 is 2.25 bits per heavy atom. The molecule has 1 aliphatic rings. The molecule has 0 saturated heterocycles. The minimum absolute atomic E-state index is 0.0959. The fourth-order valence-electron chi connectivity index (χ4n) is 3.52. The molecule has 1 saturated carbocycles. The second kappa shape index (κ2) is 5.06. The van der Waals surface area contributed by atoms with Crippen LogP contribution in [0.3, 0.4) is 0 Å². The van der Waals surface area contributed by atoms with E-state index < -0.39 is 0 Å². The fraction of sp³-hybridized carbons (Fsp3) is 0.368. The summed E-state index contributed by atoms with van der Waals surface area (Å²) in [6, 6.07) is 17.4. The van der Waals surface area contributed by atoms with E-state index >= 15 is 0 Å². The molecule has 1 atom stereocenters. The highest BCUT2D eigenvalue weighted by atomic mass is 14.7. The lowest BCUT2D eigenvalue weighted by molar-refractivity contribution is 0.196. The molecule has 0 bridgehead atoms. The van der Waals surface area contributed by atoms with Crippen molar-refractivity contribution < 1.29 is 0 Å². The summed E-state index contributed by atoms with van der Waals surface area (Å²) in [5.74, 6) is 0. The van der Waals surface area contributed by atoms with Crippen LogP contribution in [0.5, 0.6) is 0 Å². The summed E-state index contributed by atoms with van der Waals surface area (Å²) < 4.78 is 0. The molecule has 0 aromatic heterocycles. The van der Waals surface area contributed by atoms with E-state index in [-0.39, 0.29) is 11.5 Å². The molecule has 0 spiro atoms. The van der Waals surface area contributed by atoms with Crippen LogP contribution in [0.1, 0.15) is 47.6 Å². The zero-order valence-electron chi connectivity index (χ0n) is 12.4. The van der Waals surface area contributed by atoms with Crippen molar-refractivity contribution in [3.8, 4) is 0 Å². The lowest BCUT2D eigenvalue weighted by Gasteiger charge is -2.47. The van der Waals surface area contributed by atoms with E-state index in [1.807, 2.05) is 0 Å². The summed E-state index contributed by atoms with van der Waals surface area (Å²) in [6.07, 6.45) is 3.69. The Hall–Kier alpha value is -1.60. The molecule has 104 valence electrons. The zero-order valence-corrected chi connectivity index (χ0v) is 12.4. The summed E-state index contributed by atoms with van der Waals surface area (Å²) in [7, 11) is 0. The minimum atomic E-state index is 0.0959. The molecule has 1 aliphatic carbocycles. The van der Waals surface area contributed by atoms with Gasteiger partial charge in [-0.2, -0.15) is 0 Å². The summed E-state index contributed by atoms with van der Waals surface area (Å²) >= 11 is 0. The van der Waals surface area contributed by atoms with Gasteiger partial charge in [0, 0.05) is 11.5 Å². The van der Waals surface area contributed by atoms with Crippen LogP contribution in [-0.2, 0) is 5.41 Å². The summed E-state index contributed by atoms with van der Waals surface area (Å²) in [5.41, 5.74) is 12.3. The normalized spacial score (nSPS) is 18.4. The van der Waals surface area contributed by atoms with Gasteiger partial charge in [-0.25, -0.2) is 0 Å². The second-order valence-corrected chi connectivity index (χ2v) is 6.14. The third-order valence-corrected chi connectivity index (χ3v) is 5.17. The average Bonchev–Trinajstić information content (AvgIpc) is 2.42.